The molecular weight excluding hydrogens is 242 g/mol. The van der Waals surface area contributed by atoms with Crippen LogP contribution < -0.4 is 10.6 Å². The van der Waals surface area contributed by atoms with Crippen LogP contribution in [-0.2, 0) is 6.54 Å². The van der Waals surface area contributed by atoms with Gasteiger partial charge in [-0.15, -0.1) is 11.3 Å². The lowest BCUT2D eigenvalue weighted by molar-refractivity contribution is 0.569. The molecule has 0 aromatic carbocycles. The van der Waals surface area contributed by atoms with Crippen LogP contribution in [0.1, 0.15) is 56.5 Å². The smallest absolute Gasteiger partial charge is 0.185 e. The summed E-state index contributed by atoms with van der Waals surface area (Å²) in [4.78, 5) is 8.59. The molecule has 1 fully saturated rings. The van der Waals surface area contributed by atoms with E-state index < -0.39 is 0 Å². The van der Waals surface area contributed by atoms with Crippen LogP contribution >= 0.6 is 11.3 Å². The van der Waals surface area contributed by atoms with Crippen molar-refractivity contribution in [1.82, 2.24) is 4.98 Å². The molecule has 0 aliphatic carbocycles. The van der Waals surface area contributed by atoms with E-state index in [4.69, 9.17) is 10.7 Å². The highest BCUT2D eigenvalue weighted by atomic mass is 32.1. The third kappa shape index (κ3) is 2.69. The Kier molecular flexibility index (Phi) is 4.62. The zero-order valence-electron chi connectivity index (χ0n) is 11.8. The number of rotatable bonds is 5. The summed E-state index contributed by atoms with van der Waals surface area (Å²) in [6.07, 6.45) is 3.73. The molecule has 2 rings (SSSR count). The van der Waals surface area contributed by atoms with Gasteiger partial charge in [0.25, 0.3) is 0 Å². The van der Waals surface area contributed by atoms with Gasteiger partial charge in [0.1, 0.15) is 0 Å². The molecule has 1 aliphatic rings. The van der Waals surface area contributed by atoms with E-state index in [1.807, 2.05) is 0 Å². The SMILES string of the molecule is CCC1CCN(c2nc(C(C)CC)c(CN)s2)C1. The normalized spacial score (nSPS) is 21.6. The number of aromatic nitrogens is 1. The quantitative estimate of drug-likeness (QED) is 0.889. The number of thiazole rings is 1. The molecule has 102 valence electrons. The molecule has 2 unspecified atom stereocenters. The predicted octanol–water partition coefficient (Wildman–Crippen LogP) is 3.35. The molecule has 0 saturated carbocycles. The van der Waals surface area contributed by atoms with Crippen molar-refractivity contribution in [3.8, 4) is 0 Å². The summed E-state index contributed by atoms with van der Waals surface area (Å²) >= 11 is 1.80. The first-order chi connectivity index (χ1) is 8.69. The predicted molar refractivity (Wildman–Crippen MR) is 79.3 cm³/mol. The first-order valence-corrected chi connectivity index (χ1v) is 7.95. The number of anilines is 1. The van der Waals surface area contributed by atoms with Gasteiger partial charge in [-0.05, 0) is 24.7 Å². The molecule has 0 radical (unpaired) electrons. The van der Waals surface area contributed by atoms with Gasteiger partial charge in [0.05, 0.1) is 5.69 Å². The molecule has 2 N–H and O–H groups in total. The van der Waals surface area contributed by atoms with Gasteiger partial charge in [0.2, 0.25) is 0 Å². The Balaban J connectivity index is 2.17. The summed E-state index contributed by atoms with van der Waals surface area (Å²) in [6, 6.07) is 0. The van der Waals surface area contributed by atoms with Crippen LogP contribution in [0.3, 0.4) is 0 Å². The van der Waals surface area contributed by atoms with Gasteiger partial charge in [0.15, 0.2) is 5.13 Å². The zero-order valence-corrected chi connectivity index (χ0v) is 12.6. The Hall–Kier alpha value is -0.610. The van der Waals surface area contributed by atoms with Gasteiger partial charge in [0, 0.05) is 24.5 Å². The lowest BCUT2D eigenvalue weighted by atomic mass is 10.0. The Bertz CT molecular complexity index is 388. The minimum Gasteiger partial charge on any atom is -0.348 e. The average Bonchev–Trinajstić information content (AvgIpc) is 3.03. The van der Waals surface area contributed by atoms with Crippen molar-refractivity contribution in [3.63, 3.8) is 0 Å². The summed E-state index contributed by atoms with van der Waals surface area (Å²) in [5, 5.41) is 1.20. The van der Waals surface area contributed by atoms with E-state index in [1.165, 1.54) is 35.1 Å². The van der Waals surface area contributed by atoms with Gasteiger partial charge < -0.3 is 10.6 Å². The number of nitrogens with two attached hydrogens (primary N) is 1. The molecule has 18 heavy (non-hydrogen) atoms. The molecule has 1 aromatic heterocycles. The van der Waals surface area contributed by atoms with Crippen LogP contribution in [-0.4, -0.2) is 18.1 Å². The maximum Gasteiger partial charge on any atom is 0.185 e. The molecule has 0 spiro atoms. The second kappa shape index (κ2) is 6.02. The average molecular weight is 267 g/mol. The Labute approximate surface area is 114 Å². The van der Waals surface area contributed by atoms with E-state index >= 15 is 0 Å². The van der Waals surface area contributed by atoms with E-state index in [2.05, 4.69) is 25.7 Å². The van der Waals surface area contributed by atoms with Gasteiger partial charge in [-0.3, -0.25) is 0 Å². The molecule has 1 aliphatic heterocycles. The number of hydrogen-bond donors (Lipinski definition) is 1. The summed E-state index contributed by atoms with van der Waals surface area (Å²) < 4.78 is 0. The summed E-state index contributed by atoms with van der Waals surface area (Å²) in [5.41, 5.74) is 7.10. The van der Waals surface area contributed by atoms with Gasteiger partial charge in [-0.1, -0.05) is 27.2 Å². The fourth-order valence-corrected chi connectivity index (χ4v) is 3.64. The van der Waals surface area contributed by atoms with Gasteiger partial charge in [-0.25, -0.2) is 4.98 Å². The standard InChI is InChI=1S/C14H25N3S/c1-4-10(3)13-12(8-15)18-14(16-13)17-7-6-11(5-2)9-17/h10-11H,4-9,15H2,1-3H3. The Morgan fingerprint density at radius 1 is 1.50 bits per heavy atom. The van der Waals surface area contributed by atoms with Crippen molar-refractivity contribution in [2.75, 3.05) is 18.0 Å². The van der Waals surface area contributed by atoms with E-state index in [1.54, 1.807) is 11.3 Å². The van der Waals surface area contributed by atoms with Crippen molar-refractivity contribution in [2.45, 2.75) is 52.5 Å². The summed E-state index contributed by atoms with van der Waals surface area (Å²) in [5.74, 6) is 1.38. The Morgan fingerprint density at radius 3 is 2.83 bits per heavy atom. The van der Waals surface area contributed by atoms with Crippen molar-refractivity contribution >= 4 is 16.5 Å². The topological polar surface area (TPSA) is 42.2 Å². The van der Waals surface area contributed by atoms with Crippen LogP contribution in [0.25, 0.3) is 0 Å². The summed E-state index contributed by atoms with van der Waals surface area (Å²) in [6.45, 7) is 9.71. The van der Waals surface area contributed by atoms with Crippen LogP contribution in [0, 0.1) is 5.92 Å². The molecule has 2 atom stereocenters. The monoisotopic (exact) mass is 267 g/mol. The Morgan fingerprint density at radius 2 is 2.28 bits per heavy atom. The highest BCUT2D eigenvalue weighted by Gasteiger charge is 2.25. The van der Waals surface area contributed by atoms with E-state index in [-0.39, 0.29) is 0 Å². The van der Waals surface area contributed by atoms with Crippen LogP contribution in [0.2, 0.25) is 0 Å². The molecule has 0 amide bonds. The second-order valence-electron chi connectivity index (χ2n) is 5.33. The third-order valence-corrected chi connectivity index (χ3v) is 5.27. The lowest BCUT2D eigenvalue weighted by Crippen LogP contribution is -2.19. The van der Waals surface area contributed by atoms with E-state index in [9.17, 15) is 0 Å². The van der Waals surface area contributed by atoms with Gasteiger partial charge >= 0.3 is 0 Å². The highest BCUT2D eigenvalue weighted by molar-refractivity contribution is 7.15. The highest BCUT2D eigenvalue weighted by Crippen LogP contribution is 2.34. The van der Waals surface area contributed by atoms with E-state index in [0.717, 1.165) is 18.9 Å². The maximum absolute atomic E-state index is 5.86. The van der Waals surface area contributed by atoms with Crippen LogP contribution in [0.15, 0.2) is 0 Å². The molecule has 1 aromatic rings. The molecule has 2 heterocycles. The minimum absolute atomic E-state index is 0.526. The fourth-order valence-electron chi connectivity index (χ4n) is 2.55. The number of hydrogen-bond acceptors (Lipinski definition) is 4. The fraction of sp³-hybridized carbons (Fsp3) is 0.786. The molecule has 0 bridgehead atoms. The second-order valence-corrected chi connectivity index (χ2v) is 6.39. The lowest BCUT2D eigenvalue weighted by Gasteiger charge is -2.14. The van der Waals surface area contributed by atoms with E-state index in [0.29, 0.717) is 12.5 Å². The molecule has 1 saturated heterocycles. The first kappa shape index (κ1) is 13.8. The minimum atomic E-state index is 0.526. The number of nitrogens with zero attached hydrogens (tertiary/aromatic N) is 2. The molecular formula is C14H25N3S. The van der Waals surface area contributed by atoms with Crippen molar-refractivity contribution in [1.29, 1.82) is 0 Å². The van der Waals surface area contributed by atoms with Crippen molar-refractivity contribution in [3.05, 3.63) is 10.6 Å². The largest absolute Gasteiger partial charge is 0.348 e. The third-order valence-electron chi connectivity index (χ3n) is 4.11. The van der Waals surface area contributed by atoms with Crippen molar-refractivity contribution < 1.29 is 0 Å². The molecule has 4 heteroatoms. The maximum atomic E-state index is 5.86. The zero-order chi connectivity index (χ0) is 13.1. The summed E-state index contributed by atoms with van der Waals surface area (Å²) in [7, 11) is 0. The molecule has 3 nitrogen and oxygen atoms in total. The van der Waals surface area contributed by atoms with Crippen LogP contribution in [0.5, 0.6) is 0 Å². The van der Waals surface area contributed by atoms with Crippen LogP contribution in [0.4, 0.5) is 5.13 Å². The van der Waals surface area contributed by atoms with Crippen molar-refractivity contribution in [2.24, 2.45) is 11.7 Å². The first-order valence-electron chi connectivity index (χ1n) is 7.14. The van der Waals surface area contributed by atoms with Gasteiger partial charge in [-0.2, -0.15) is 0 Å².